The molecule has 1 aromatic carbocycles. The largest absolute Gasteiger partial charge is 0.0807 e. The van der Waals surface area contributed by atoms with Crippen molar-refractivity contribution in [2.24, 2.45) is 5.41 Å². The molecule has 0 fully saturated rings. The van der Waals surface area contributed by atoms with Crippen molar-refractivity contribution in [2.75, 3.05) is 0 Å². The van der Waals surface area contributed by atoms with Crippen LogP contribution in [-0.2, 0) is 6.42 Å². The molecule has 0 heterocycles. The van der Waals surface area contributed by atoms with Crippen LogP contribution in [0.5, 0.6) is 0 Å². The van der Waals surface area contributed by atoms with Gasteiger partial charge >= 0.3 is 0 Å². The number of allylic oxidation sites excluding steroid dienone is 2. The van der Waals surface area contributed by atoms with E-state index in [1.807, 2.05) is 0 Å². The first-order valence-corrected chi connectivity index (χ1v) is 6.33. The standard InChI is InChI=1S/C16H22/c1-16(2,3)12-13-7-6-10-15(11-13)14-8-4-5-9-14/h6-8,10-11H,4-5,9,12H2,1-3H3. The summed E-state index contributed by atoms with van der Waals surface area (Å²) in [5, 5.41) is 0. The maximum Gasteiger partial charge on any atom is -0.0225 e. The van der Waals surface area contributed by atoms with Crippen molar-refractivity contribution in [2.45, 2.75) is 46.5 Å². The van der Waals surface area contributed by atoms with E-state index in [4.69, 9.17) is 0 Å². The quantitative estimate of drug-likeness (QED) is 0.660. The molecule has 1 aliphatic carbocycles. The van der Waals surface area contributed by atoms with E-state index in [1.165, 1.54) is 30.4 Å². The summed E-state index contributed by atoms with van der Waals surface area (Å²) in [7, 11) is 0. The van der Waals surface area contributed by atoms with E-state index < -0.39 is 0 Å². The molecule has 0 saturated heterocycles. The van der Waals surface area contributed by atoms with E-state index in [-0.39, 0.29) is 0 Å². The van der Waals surface area contributed by atoms with Gasteiger partial charge in [0.1, 0.15) is 0 Å². The summed E-state index contributed by atoms with van der Waals surface area (Å²) in [6.45, 7) is 6.90. The van der Waals surface area contributed by atoms with Gasteiger partial charge in [-0.15, -0.1) is 0 Å². The fourth-order valence-corrected chi connectivity index (χ4v) is 2.43. The van der Waals surface area contributed by atoms with Crippen molar-refractivity contribution in [1.82, 2.24) is 0 Å². The SMILES string of the molecule is CC(C)(C)Cc1cccc(C2=CCCC2)c1. The second-order valence-electron chi connectivity index (χ2n) is 6.06. The van der Waals surface area contributed by atoms with E-state index in [0.29, 0.717) is 5.41 Å². The Morgan fingerprint density at radius 1 is 1.19 bits per heavy atom. The lowest BCUT2D eigenvalue weighted by atomic mass is 9.87. The van der Waals surface area contributed by atoms with Crippen molar-refractivity contribution < 1.29 is 0 Å². The van der Waals surface area contributed by atoms with Gasteiger partial charge in [0, 0.05) is 0 Å². The molecule has 86 valence electrons. The molecule has 0 heteroatoms. The van der Waals surface area contributed by atoms with E-state index in [9.17, 15) is 0 Å². The van der Waals surface area contributed by atoms with Gasteiger partial charge in [0.2, 0.25) is 0 Å². The summed E-state index contributed by atoms with van der Waals surface area (Å²) < 4.78 is 0. The number of hydrogen-bond acceptors (Lipinski definition) is 0. The van der Waals surface area contributed by atoms with Crippen molar-refractivity contribution >= 4 is 5.57 Å². The molecule has 1 aromatic rings. The predicted octanol–water partition coefficient (Wildman–Crippen LogP) is 4.84. The third-order valence-corrected chi connectivity index (χ3v) is 3.07. The molecule has 0 aromatic heterocycles. The average Bonchev–Trinajstić information content (AvgIpc) is 2.68. The third kappa shape index (κ3) is 2.98. The Kier molecular flexibility index (Phi) is 3.18. The number of hydrogen-bond donors (Lipinski definition) is 0. The molecule has 16 heavy (non-hydrogen) atoms. The maximum absolute atomic E-state index is 2.40. The molecule has 0 bridgehead atoms. The van der Waals surface area contributed by atoms with Gasteiger partial charge in [0.25, 0.3) is 0 Å². The molecule has 2 rings (SSSR count). The van der Waals surface area contributed by atoms with Gasteiger partial charge in [-0.25, -0.2) is 0 Å². The van der Waals surface area contributed by atoms with Gasteiger partial charge in [0.15, 0.2) is 0 Å². The van der Waals surface area contributed by atoms with Gasteiger partial charge < -0.3 is 0 Å². The van der Waals surface area contributed by atoms with E-state index >= 15 is 0 Å². The van der Waals surface area contributed by atoms with Gasteiger partial charge in [-0.3, -0.25) is 0 Å². The maximum atomic E-state index is 2.40. The average molecular weight is 214 g/mol. The minimum Gasteiger partial charge on any atom is -0.0807 e. The molecule has 0 atom stereocenters. The molecular formula is C16H22. The molecular weight excluding hydrogens is 192 g/mol. The van der Waals surface area contributed by atoms with Gasteiger partial charge in [-0.1, -0.05) is 51.1 Å². The molecule has 0 radical (unpaired) electrons. The summed E-state index contributed by atoms with van der Waals surface area (Å²) >= 11 is 0. The highest BCUT2D eigenvalue weighted by molar-refractivity contribution is 5.67. The van der Waals surface area contributed by atoms with Crippen molar-refractivity contribution in [3.63, 3.8) is 0 Å². The van der Waals surface area contributed by atoms with Crippen molar-refractivity contribution in [1.29, 1.82) is 0 Å². The van der Waals surface area contributed by atoms with Crippen LogP contribution >= 0.6 is 0 Å². The van der Waals surface area contributed by atoms with Crippen LogP contribution in [0.4, 0.5) is 0 Å². The van der Waals surface area contributed by atoms with Crippen LogP contribution in [0, 0.1) is 5.41 Å². The minimum atomic E-state index is 0.378. The monoisotopic (exact) mass is 214 g/mol. The lowest BCUT2D eigenvalue weighted by Gasteiger charge is -2.18. The number of benzene rings is 1. The lowest BCUT2D eigenvalue weighted by molar-refractivity contribution is 0.411. The zero-order valence-corrected chi connectivity index (χ0v) is 10.7. The molecule has 0 unspecified atom stereocenters. The highest BCUT2D eigenvalue weighted by Crippen LogP contribution is 2.29. The topological polar surface area (TPSA) is 0 Å². The van der Waals surface area contributed by atoms with Gasteiger partial charge in [-0.05, 0) is 47.8 Å². The summed E-state index contributed by atoms with van der Waals surface area (Å²) in [5.74, 6) is 0. The first-order valence-electron chi connectivity index (χ1n) is 6.33. The summed E-state index contributed by atoms with van der Waals surface area (Å²) in [6.07, 6.45) is 7.42. The first kappa shape index (κ1) is 11.4. The second kappa shape index (κ2) is 4.45. The summed E-state index contributed by atoms with van der Waals surface area (Å²) in [4.78, 5) is 0. The van der Waals surface area contributed by atoms with Crippen LogP contribution < -0.4 is 0 Å². The zero-order valence-electron chi connectivity index (χ0n) is 10.7. The van der Waals surface area contributed by atoms with Crippen LogP contribution in [0.2, 0.25) is 0 Å². The molecule has 0 spiro atoms. The van der Waals surface area contributed by atoms with Gasteiger partial charge in [0.05, 0.1) is 0 Å². The van der Waals surface area contributed by atoms with Crippen LogP contribution in [0.3, 0.4) is 0 Å². The fourth-order valence-electron chi connectivity index (χ4n) is 2.43. The Morgan fingerprint density at radius 2 is 2.00 bits per heavy atom. The highest BCUT2D eigenvalue weighted by Gasteiger charge is 2.12. The van der Waals surface area contributed by atoms with Gasteiger partial charge in [-0.2, -0.15) is 0 Å². The Balaban J connectivity index is 2.19. The minimum absolute atomic E-state index is 0.378. The van der Waals surface area contributed by atoms with Crippen LogP contribution in [0.25, 0.3) is 5.57 Å². The summed E-state index contributed by atoms with van der Waals surface area (Å²) in [5.41, 5.74) is 4.84. The smallest absolute Gasteiger partial charge is 0.0225 e. The van der Waals surface area contributed by atoms with Crippen molar-refractivity contribution in [3.05, 3.63) is 41.5 Å². The van der Waals surface area contributed by atoms with Crippen LogP contribution in [0.15, 0.2) is 30.3 Å². The predicted molar refractivity (Wildman–Crippen MR) is 71.4 cm³/mol. The fraction of sp³-hybridized carbons (Fsp3) is 0.500. The zero-order chi connectivity index (χ0) is 11.6. The molecule has 0 amide bonds. The molecule has 0 nitrogen and oxygen atoms in total. The van der Waals surface area contributed by atoms with Crippen molar-refractivity contribution in [3.8, 4) is 0 Å². The normalized spacial score (nSPS) is 16.3. The van der Waals surface area contributed by atoms with E-state index in [1.54, 1.807) is 5.57 Å². The third-order valence-electron chi connectivity index (χ3n) is 3.07. The Bertz CT molecular complexity index is 391. The first-order chi connectivity index (χ1) is 7.54. The van der Waals surface area contributed by atoms with Crippen LogP contribution in [0.1, 0.15) is 51.2 Å². The van der Waals surface area contributed by atoms with E-state index in [0.717, 1.165) is 6.42 Å². The Labute approximate surface area is 99.4 Å². The molecule has 0 N–H and O–H groups in total. The molecule has 1 aliphatic rings. The molecule has 0 aliphatic heterocycles. The molecule has 0 saturated carbocycles. The highest BCUT2D eigenvalue weighted by atomic mass is 14.2. The van der Waals surface area contributed by atoms with E-state index in [2.05, 4.69) is 51.1 Å². The Morgan fingerprint density at radius 3 is 2.62 bits per heavy atom. The number of rotatable bonds is 2. The Hall–Kier alpha value is -1.04. The summed E-state index contributed by atoms with van der Waals surface area (Å²) in [6, 6.07) is 9.09. The van der Waals surface area contributed by atoms with Crippen LogP contribution in [-0.4, -0.2) is 0 Å². The lowest BCUT2D eigenvalue weighted by Crippen LogP contribution is -2.09. The second-order valence-corrected chi connectivity index (χ2v) is 6.06.